The van der Waals surface area contributed by atoms with Crippen LogP contribution in [0.1, 0.15) is 20.8 Å². The van der Waals surface area contributed by atoms with Crippen molar-refractivity contribution < 1.29 is 13.5 Å². The van der Waals surface area contributed by atoms with Gasteiger partial charge in [-0.15, -0.1) is 0 Å². The van der Waals surface area contributed by atoms with Crippen molar-refractivity contribution in [2.75, 3.05) is 24.3 Å². The lowest BCUT2D eigenvalue weighted by atomic mass is 10.1. The Kier molecular flexibility index (Phi) is 6.17. The number of sulfonamides is 1. The lowest BCUT2D eigenvalue weighted by Crippen LogP contribution is -2.43. The molecule has 0 aromatic heterocycles. The van der Waals surface area contributed by atoms with Gasteiger partial charge in [0.25, 0.3) is 0 Å². The van der Waals surface area contributed by atoms with Crippen LogP contribution in [0.2, 0.25) is 0 Å². The van der Waals surface area contributed by atoms with Crippen molar-refractivity contribution in [2.45, 2.75) is 26.4 Å². The number of hydrogen-bond acceptors (Lipinski definition) is 4. The van der Waals surface area contributed by atoms with E-state index in [1.165, 1.54) is 11.8 Å². The molecule has 2 N–H and O–H groups in total. The van der Waals surface area contributed by atoms with Crippen molar-refractivity contribution >= 4 is 21.8 Å². The number of rotatable bonds is 7. The SMILES string of the molecule is CSCC(C)(O)CNS(=O)(=O)CC(C)C. The van der Waals surface area contributed by atoms with Crippen LogP contribution in [0, 0.1) is 5.92 Å². The summed E-state index contributed by atoms with van der Waals surface area (Å²) in [6, 6.07) is 0. The van der Waals surface area contributed by atoms with E-state index >= 15 is 0 Å². The Morgan fingerprint density at radius 2 is 2.00 bits per heavy atom. The maximum Gasteiger partial charge on any atom is 0.211 e. The van der Waals surface area contributed by atoms with E-state index < -0.39 is 15.6 Å². The Morgan fingerprint density at radius 3 is 2.40 bits per heavy atom. The van der Waals surface area contributed by atoms with E-state index in [1.54, 1.807) is 6.92 Å². The summed E-state index contributed by atoms with van der Waals surface area (Å²) in [6.07, 6.45) is 1.87. The van der Waals surface area contributed by atoms with Crippen LogP contribution < -0.4 is 4.72 Å². The summed E-state index contributed by atoms with van der Waals surface area (Å²) in [7, 11) is -3.25. The first kappa shape index (κ1) is 15.2. The lowest BCUT2D eigenvalue weighted by Gasteiger charge is -2.22. The number of thioether (sulfide) groups is 1. The minimum absolute atomic E-state index is 0.0723. The van der Waals surface area contributed by atoms with E-state index in [1.807, 2.05) is 20.1 Å². The summed E-state index contributed by atoms with van der Waals surface area (Å²) in [4.78, 5) is 0. The first-order valence-corrected chi connectivity index (χ1v) is 7.92. The van der Waals surface area contributed by atoms with Crippen LogP contribution in [0.4, 0.5) is 0 Å². The van der Waals surface area contributed by atoms with E-state index in [-0.39, 0.29) is 18.2 Å². The van der Waals surface area contributed by atoms with Crippen molar-refractivity contribution in [3.05, 3.63) is 0 Å². The highest BCUT2D eigenvalue weighted by Crippen LogP contribution is 2.10. The summed E-state index contributed by atoms with van der Waals surface area (Å²) < 4.78 is 25.4. The van der Waals surface area contributed by atoms with Crippen molar-refractivity contribution in [1.29, 1.82) is 0 Å². The predicted octanol–water partition coefficient (Wildman–Crippen LogP) is 0.676. The largest absolute Gasteiger partial charge is 0.388 e. The van der Waals surface area contributed by atoms with E-state index in [4.69, 9.17) is 0 Å². The molecule has 0 aromatic rings. The Morgan fingerprint density at radius 1 is 1.47 bits per heavy atom. The second kappa shape index (κ2) is 6.08. The van der Waals surface area contributed by atoms with Gasteiger partial charge >= 0.3 is 0 Å². The molecule has 0 bridgehead atoms. The highest BCUT2D eigenvalue weighted by atomic mass is 32.2. The molecular weight excluding hydrogens is 234 g/mol. The third-order valence-electron chi connectivity index (χ3n) is 1.68. The van der Waals surface area contributed by atoms with Crippen LogP contribution >= 0.6 is 11.8 Å². The monoisotopic (exact) mass is 255 g/mol. The highest BCUT2D eigenvalue weighted by Gasteiger charge is 2.23. The van der Waals surface area contributed by atoms with Crippen molar-refractivity contribution in [1.82, 2.24) is 4.72 Å². The minimum atomic E-state index is -3.25. The molecular formula is C9H21NO3S2. The fourth-order valence-electron chi connectivity index (χ4n) is 1.13. The number of nitrogens with one attached hydrogen (secondary N) is 1. The molecule has 0 aliphatic rings. The first-order valence-electron chi connectivity index (χ1n) is 4.87. The molecule has 0 amide bonds. The molecule has 0 fully saturated rings. The van der Waals surface area contributed by atoms with E-state index in [0.717, 1.165) is 0 Å². The van der Waals surface area contributed by atoms with Crippen LogP contribution in [0.3, 0.4) is 0 Å². The maximum absolute atomic E-state index is 11.5. The molecule has 0 saturated carbocycles. The van der Waals surface area contributed by atoms with Crippen LogP contribution in [0.5, 0.6) is 0 Å². The smallest absolute Gasteiger partial charge is 0.211 e. The fourth-order valence-corrected chi connectivity index (χ4v) is 3.38. The Bertz CT molecular complexity index is 273. The molecule has 0 rings (SSSR count). The van der Waals surface area contributed by atoms with Gasteiger partial charge in [0, 0.05) is 12.3 Å². The van der Waals surface area contributed by atoms with Crippen molar-refractivity contribution in [3.8, 4) is 0 Å². The lowest BCUT2D eigenvalue weighted by molar-refractivity contribution is 0.0908. The Balaban J connectivity index is 4.14. The molecule has 0 saturated heterocycles. The molecule has 0 radical (unpaired) electrons. The topological polar surface area (TPSA) is 66.4 Å². The number of aliphatic hydroxyl groups is 1. The average molecular weight is 255 g/mol. The first-order chi connectivity index (χ1) is 6.68. The molecule has 0 aliphatic carbocycles. The van der Waals surface area contributed by atoms with Gasteiger partial charge in [0.05, 0.1) is 11.4 Å². The normalized spacial score (nSPS) is 16.7. The van der Waals surface area contributed by atoms with E-state index in [2.05, 4.69) is 4.72 Å². The third kappa shape index (κ3) is 8.07. The molecule has 0 heterocycles. The van der Waals surface area contributed by atoms with Gasteiger partial charge in [-0.2, -0.15) is 11.8 Å². The van der Waals surface area contributed by atoms with Crippen molar-refractivity contribution in [2.24, 2.45) is 5.92 Å². The zero-order valence-corrected chi connectivity index (χ0v) is 11.4. The fraction of sp³-hybridized carbons (Fsp3) is 1.00. The summed E-state index contributed by atoms with van der Waals surface area (Å²) >= 11 is 1.49. The number of hydrogen-bond donors (Lipinski definition) is 2. The Labute approximate surface area is 96.9 Å². The second-order valence-electron chi connectivity index (χ2n) is 4.43. The Hall–Kier alpha value is 0.220. The van der Waals surface area contributed by atoms with Gasteiger partial charge in [0.1, 0.15) is 0 Å². The van der Waals surface area contributed by atoms with E-state index in [0.29, 0.717) is 5.75 Å². The maximum atomic E-state index is 11.5. The van der Waals surface area contributed by atoms with Crippen LogP contribution in [0.25, 0.3) is 0 Å². The molecule has 1 atom stereocenters. The van der Waals surface area contributed by atoms with Gasteiger partial charge in [-0.25, -0.2) is 13.1 Å². The zero-order chi connectivity index (χ0) is 12.1. The summed E-state index contributed by atoms with van der Waals surface area (Å²) in [5, 5.41) is 9.76. The molecule has 6 heteroatoms. The molecule has 0 aromatic carbocycles. The molecule has 4 nitrogen and oxygen atoms in total. The van der Waals surface area contributed by atoms with Gasteiger partial charge in [0.2, 0.25) is 10.0 Å². The summed E-state index contributed by atoms with van der Waals surface area (Å²) in [6.45, 7) is 5.39. The molecule has 92 valence electrons. The quantitative estimate of drug-likeness (QED) is 0.702. The van der Waals surface area contributed by atoms with Crippen LogP contribution in [-0.4, -0.2) is 43.4 Å². The zero-order valence-electron chi connectivity index (χ0n) is 9.78. The van der Waals surface area contributed by atoms with Gasteiger partial charge in [0.15, 0.2) is 0 Å². The van der Waals surface area contributed by atoms with Crippen LogP contribution in [-0.2, 0) is 10.0 Å². The van der Waals surface area contributed by atoms with Gasteiger partial charge in [-0.3, -0.25) is 0 Å². The average Bonchev–Trinajstić information content (AvgIpc) is 1.99. The van der Waals surface area contributed by atoms with Crippen LogP contribution in [0.15, 0.2) is 0 Å². The van der Waals surface area contributed by atoms with Crippen molar-refractivity contribution in [3.63, 3.8) is 0 Å². The second-order valence-corrected chi connectivity index (χ2v) is 7.14. The minimum Gasteiger partial charge on any atom is -0.388 e. The van der Waals surface area contributed by atoms with Gasteiger partial charge in [-0.05, 0) is 19.1 Å². The summed E-state index contributed by atoms with van der Waals surface area (Å²) in [5.74, 6) is 0.701. The molecule has 15 heavy (non-hydrogen) atoms. The third-order valence-corrected chi connectivity index (χ3v) is 4.28. The predicted molar refractivity (Wildman–Crippen MR) is 65.6 cm³/mol. The molecule has 0 spiro atoms. The summed E-state index contributed by atoms with van der Waals surface area (Å²) in [5.41, 5.74) is -0.983. The standard InChI is InChI=1S/C9H21NO3S2/c1-8(2)5-15(12,13)10-6-9(3,11)7-14-4/h8,10-11H,5-7H2,1-4H3. The van der Waals surface area contributed by atoms with E-state index in [9.17, 15) is 13.5 Å². The highest BCUT2D eigenvalue weighted by molar-refractivity contribution is 7.98. The van der Waals surface area contributed by atoms with Gasteiger partial charge < -0.3 is 5.11 Å². The molecule has 1 unspecified atom stereocenters. The molecule has 0 aliphatic heterocycles. The van der Waals surface area contributed by atoms with Gasteiger partial charge in [-0.1, -0.05) is 13.8 Å².